The van der Waals surface area contributed by atoms with Crippen molar-refractivity contribution in [1.82, 2.24) is 5.32 Å². The van der Waals surface area contributed by atoms with Crippen LogP contribution in [0.4, 0.5) is 4.39 Å². The number of thioether (sulfide) groups is 1. The zero-order chi connectivity index (χ0) is 15.2. The SMILES string of the molecule is CCCNC(c1ccc(SC)cc1)c1cc(C)ccc1F. The van der Waals surface area contributed by atoms with Crippen LogP contribution in [0.1, 0.15) is 36.1 Å². The molecule has 0 heterocycles. The molecule has 0 bridgehead atoms. The topological polar surface area (TPSA) is 12.0 Å². The molecular formula is C18H22FNS. The number of hydrogen-bond acceptors (Lipinski definition) is 2. The van der Waals surface area contributed by atoms with Crippen LogP contribution in [-0.2, 0) is 0 Å². The Morgan fingerprint density at radius 1 is 1.14 bits per heavy atom. The van der Waals surface area contributed by atoms with Crippen molar-refractivity contribution in [2.24, 2.45) is 0 Å². The molecule has 1 unspecified atom stereocenters. The van der Waals surface area contributed by atoms with E-state index in [1.54, 1.807) is 17.8 Å². The van der Waals surface area contributed by atoms with Crippen molar-refractivity contribution in [1.29, 1.82) is 0 Å². The molecule has 1 atom stereocenters. The van der Waals surface area contributed by atoms with Crippen molar-refractivity contribution >= 4 is 11.8 Å². The van der Waals surface area contributed by atoms with Crippen LogP contribution < -0.4 is 5.32 Å². The largest absolute Gasteiger partial charge is 0.306 e. The van der Waals surface area contributed by atoms with Crippen molar-refractivity contribution in [2.75, 3.05) is 12.8 Å². The van der Waals surface area contributed by atoms with Crippen molar-refractivity contribution in [3.63, 3.8) is 0 Å². The van der Waals surface area contributed by atoms with Gasteiger partial charge in [-0.05, 0) is 49.9 Å². The van der Waals surface area contributed by atoms with Gasteiger partial charge in [-0.25, -0.2) is 4.39 Å². The fourth-order valence-electron chi connectivity index (χ4n) is 2.38. The van der Waals surface area contributed by atoms with Crippen molar-refractivity contribution in [2.45, 2.75) is 31.2 Å². The van der Waals surface area contributed by atoms with E-state index >= 15 is 0 Å². The van der Waals surface area contributed by atoms with Gasteiger partial charge in [0, 0.05) is 10.5 Å². The van der Waals surface area contributed by atoms with Gasteiger partial charge < -0.3 is 5.32 Å². The monoisotopic (exact) mass is 303 g/mol. The normalized spacial score (nSPS) is 12.4. The lowest BCUT2D eigenvalue weighted by atomic mass is 9.96. The summed E-state index contributed by atoms with van der Waals surface area (Å²) in [6.07, 6.45) is 3.08. The van der Waals surface area contributed by atoms with Gasteiger partial charge >= 0.3 is 0 Å². The number of rotatable bonds is 6. The highest BCUT2D eigenvalue weighted by Crippen LogP contribution is 2.27. The first-order valence-electron chi connectivity index (χ1n) is 7.29. The summed E-state index contributed by atoms with van der Waals surface area (Å²) < 4.78 is 14.2. The summed E-state index contributed by atoms with van der Waals surface area (Å²) in [5.41, 5.74) is 2.90. The Morgan fingerprint density at radius 3 is 2.48 bits per heavy atom. The zero-order valence-corrected chi connectivity index (χ0v) is 13.6. The summed E-state index contributed by atoms with van der Waals surface area (Å²) in [5, 5.41) is 3.46. The Labute approximate surface area is 131 Å². The molecule has 0 aliphatic heterocycles. The van der Waals surface area contributed by atoms with Crippen molar-refractivity contribution in [3.05, 3.63) is 65.0 Å². The number of nitrogens with one attached hydrogen (secondary N) is 1. The Morgan fingerprint density at radius 2 is 1.86 bits per heavy atom. The Balaban J connectivity index is 2.38. The molecule has 0 saturated carbocycles. The Bertz CT molecular complexity index is 580. The number of aryl methyl sites for hydroxylation is 1. The van der Waals surface area contributed by atoms with E-state index in [0.29, 0.717) is 0 Å². The maximum atomic E-state index is 14.2. The molecule has 0 amide bonds. The van der Waals surface area contributed by atoms with Gasteiger partial charge in [-0.2, -0.15) is 0 Å². The predicted octanol–water partition coefficient (Wildman–Crippen LogP) is 4.95. The Hall–Kier alpha value is -1.32. The fraction of sp³-hybridized carbons (Fsp3) is 0.333. The van der Waals surface area contributed by atoms with Crippen LogP contribution in [0.3, 0.4) is 0 Å². The van der Waals surface area contributed by atoms with Crippen LogP contribution in [0.5, 0.6) is 0 Å². The molecule has 21 heavy (non-hydrogen) atoms. The van der Waals surface area contributed by atoms with Crippen LogP contribution in [0.25, 0.3) is 0 Å². The van der Waals surface area contributed by atoms with Crippen molar-refractivity contribution < 1.29 is 4.39 Å². The van der Waals surface area contributed by atoms with Crippen molar-refractivity contribution in [3.8, 4) is 0 Å². The summed E-state index contributed by atoms with van der Waals surface area (Å²) in [4.78, 5) is 1.22. The molecule has 1 N–H and O–H groups in total. The lowest BCUT2D eigenvalue weighted by Gasteiger charge is -2.21. The van der Waals surface area contributed by atoms with E-state index in [1.165, 1.54) is 4.90 Å². The highest BCUT2D eigenvalue weighted by atomic mass is 32.2. The van der Waals surface area contributed by atoms with Crippen LogP contribution in [-0.4, -0.2) is 12.8 Å². The third-order valence-electron chi connectivity index (χ3n) is 3.51. The van der Waals surface area contributed by atoms with E-state index in [0.717, 1.165) is 29.7 Å². The van der Waals surface area contributed by atoms with Gasteiger partial charge in [0.1, 0.15) is 5.82 Å². The molecule has 0 aliphatic carbocycles. The molecule has 2 rings (SSSR count). The van der Waals surface area contributed by atoms with E-state index in [4.69, 9.17) is 0 Å². The molecule has 112 valence electrons. The second-order valence-corrected chi connectivity index (χ2v) is 6.06. The highest BCUT2D eigenvalue weighted by molar-refractivity contribution is 7.98. The van der Waals surface area contributed by atoms with Gasteiger partial charge in [0.15, 0.2) is 0 Å². The number of halogens is 1. The van der Waals surface area contributed by atoms with E-state index in [1.807, 2.05) is 19.1 Å². The first kappa shape index (κ1) is 16.1. The van der Waals surface area contributed by atoms with E-state index in [-0.39, 0.29) is 11.9 Å². The molecule has 0 spiro atoms. The van der Waals surface area contributed by atoms with Crippen LogP contribution >= 0.6 is 11.8 Å². The standard InChI is InChI=1S/C18H22FNS/c1-4-11-20-18(14-6-8-15(21-3)9-7-14)16-12-13(2)5-10-17(16)19/h5-10,12,18,20H,4,11H2,1-3H3. The average Bonchev–Trinajstić information content (AvgIpc) is 2.51. The smallest absolute Gasteiger partial charge is 0.128 e. The van der Waals surface area contributed by atoms with Gasteiger partial charge in [-0.3, -0.25) is 0 Å². The minimum absolute atomic E-state index is 0.0965. The lowest BCUT2D eigenvalue weighted by molar-refractivity contribution is 0.546. The zero-order valence-electron chi connectivity index (χ0n) is 12.8. The van der Waals surface area contributed by atoms with Gasteiger partial charge in [-0.1, -0.05) is 36.8 Å². The fourth-order valence-corrected chi connectivity index (χ4v) is 2.79. The van der Waals surface area contributed by atoms with Gasteiger partial charge in [0.25, 0.3) is 0 Å². The third kappa shape index (κ3) is 4.08. The second kappa shape index (κ2) is 7.62. The number of benzene rings is 2. The summed E-state index contributed by atoms with van der Waals surface area (Å²) in [6.45, 7) is 4.98. The minimum Gasteiger partial charge on any atom is -0.306 e. The maximum Gasteiger partial charge on any atom is 0.128 e. The highest BCUT2D eigenvalue weighted by Gasteiger charge is 2.17. The second-order valence-electron chi connectivity index (χ2n) is 5.19. The van der Waals surface area contributed by atoms with Crippen LogP contribution in [0.15, 0.2) is 47.4 Å². The van der Waals surface area contributed by atoms with Crippen LogP contribution in [0.2, 0.25) is 0 Å². The first-order valence-corrected chi connectivity index (χ1v) is 8.51. The summed E-state index contributed by atoms with van der Waals surface area (Å²) >= 11 is 1.71. The maximum absolute atomic E-state index is 14.2. The van der Waals surface area contributed by atoms with E-state index in [9.17, 15) is 4.39 Å². The summed E-state index contributed by atoms with van der Waals surface area (Å²) in [6, 6.07) is 13.6. The molecule has 0 radical (unpaired) electrons. The van der Waals surface area contributed by atoms with Crippen LogP contribution in [0, 0.1) is 12.7 Å². The molecule has 1 nitrogen and oxygen atoms in total. The Kier molecular flexibility index (Phi) is 5.83. The lowest BCUT2D eigenvalue weighted by Crippen LogP contribution is -2.24. The van der Waals surface area contributed by atoms with Gasteiger partial charge in [-0.15, -0.1) is 11.8 Å². The van der Waals surface area contributed by atoms with Gasteiger partial charge in [0.05, 0.1) is 6.04 Å². The minimum atomic E-state index is -0.150. The summed E-state index contributed by atoms with van der Waals surface area (Å²) in [7, 11) is 0. The third-order valence-corrected chi connectivity index (χ3v) is 4.25. The molecule has 2 aromatic carbocycles. The predicted molar refractivity (Wildman–Crippen MR) is 89.5 cm³/mol. The molecule has 0 aliphatic rings. The molecule has 0 fully saturated rings. The molecule has 0 aromatic heterocycles. The molecule has 3 heteroatoms. The summed E-state index contributed by atoms with van der Waals surface area (Å²) in [5.74, 6) is -0.150. The average molecular weight is 303 g/mol. The van der Waals surface area contributed by atoms with Gasteiger partial charge in [0.2, 0.25) is 0 Å². The molecule has 0 saturated heterocycles. The van der Waals surface area contributed by atoms with E-state index in [2.05, 4.69) is 42.8 Å². The number of hydrogen-bond donors (Lipinski definition) is 1. The molecule has 2 aromatic rings. The quantitative estimate of drug-likeness (QED) is 0.758. The van der Waals surface area contributed by atoms with E-state index < -0.39 is 0 Å². The first-order chi connectivity index (χ1) is 10.2. The molecular weight excluding hydrogens is 281 g/mol.